The number of rotatable bonds is 10. The van der Waals surface area contributed by atoms with Crippen molar-refractivity contribution in [2.75, 3.05) is 32.5 Å². The molecule has 0 atom stereocenters. The molecule has 168 valence electrons. The van der Waals surface area contributed by atoms with Crippen LogP contribution in [-0.2, 0) is 25.2 Å². The van der Waals surface area contributed by atoms with Crippen LogP contribution in [0.25, 0.3) is 11.5 Å². The summed E-state index contributed by atoms with van der Waals surface area (Å²) in [5.41, 5.74) is 0.980. The average Bonchev–Trinajstić information content (AvgIpc) is 3.30. The Morgan fingerprint density at radius 2 is 2.03 bits per heavy atom. The maximum Gasteiger partial charge on any atom is 0.235 e. The Bertz CT molecular complexity index is 1030. The SMILES string of the molecule is COc1ccc(-c2nc(CS(=O)(=O)CC(=O)NCCCN3CCCC3=O)c(C)o2)cc1. The Hall–Kier alpha value is -2.88. The molecule has 0 radical (unpaired) electrons. The Morgan fingerprint density at radius 3 is 2.68 bits per heavy atom. The standard InChI is InChI=1S/C21H27N3O6S/c1-15-18(23-21(30-15)16-6-8-17(29-2)9-7-16)13-31(27,28)14-19(25)22-10-4-12-24-11-3-5-20(24)26/h6-9H,3-5,10-14H2,1-2H3,(H,22,25). The summed E-state index contributed by atoms with van der Waals surface area (Å²) in [6, 6.07) is 7.06. The predicted molar refractivity (Wildman–Crippen MR) is 114 cm³/mol. The highest BCUT2D eigenvalue weighted by molar-refractivity contribution is 7.91. The molecule has 31 heavy (non-hydrogen) atoms. The lowest BCUT2D eigenvalue weighted by molar-refractivity contribution is -0.127. The Morgan fingerprint density at radius 1 is 1.29 bits per heavy atom. The number of carbonyl (C=O) groups is 2. The third-order valence-corrected chi connectivity index (χ3v) is 6.45. The minimum atomic E-state index is -3.72. The maximum atomic E-state index is 12.5. The molecule has 1 N–H and O–H groups in total. The van der Waals surface area contributed by atoms with E-state index < -0.39 is 21.5 Å². The number of amides is 2. The number of likely N-dealkylation sites (tertiary alicyclic amines) is 1. The van der Waals surface area contributed by atoms with E-state index in [0.717, 1.165) is 13.0 Å². The van der Waals surface area contributed by atoms with Gasteiger partial charge >= 0.3 is 0 Å². The van der Waals surface area contributed by atoms with E-state index in [4.69, 9.17) is 9.15 Å². The summed E-state index contributed by atoms with van der Waals surface area (Å²) in [4.78, 5) is 29.7. The lowest BCUT2D eigenvalue weighted by atomic mass is 10.2. The number of ether oxygens (including phenoxy) is 1. The monoisotopic (exact) mass is 449 g/mol. The van der Waals surface area contributed by atoms with Crippen LogP contribution < -0.4 is 10.1 Å². The predicted octanol–water partition coefficient (Wildman–Crippen LogP) is 1.70. The van der Waals surface area contributed by atoms with Crippen molar-refractivity contribution in [3.63, 3.8) is 0 Å². The van der Waals surface area contributed by atoms with Crippen molar-refractivity contribution in [3.05, 3.63) is 35.7 Å². The van der Waals surface area contributed by atoms with Crippen LogP contribution in [0.4, 0.5) is 0 Å². The van der Waals surface area contributed by atoms with Crippen LogP contribution >= 0.6 is 0 Å². The quantitative estimate of drug-likeness (QED) is 0.548. The number of aromatic nitrogens is 1. The van der Waals surface area contributed by atoms with Crippen molar-refractivity contribution in [1.82, 2.24) is 15.2 Å². The molecule has 2 aromatic rings. The van der Waals surface area contributed by atoms with Crippen molar-refractivity contribution in [2.24, 2.45) is 0 Å². The maximum absolute atomic E-state index is 12.5. The highest BCUT2D eigenvalue weighted by atomic mass is 32.2. The van der Waals surface area contributed by atoms with E-state index in [1.165, 1.54) is 0 Å². The fraction of sp³-hybridized carbons (Fsp3) is 0.476. The molecule has 1 aromatic heterocycles. The number of hydrogen-bond acceptors (Lipinski definition) is 7. The molecule has 2 amide bonds. The van der Waals surface area contributed by atoms with Gasteiger partial charge in [-0.2, -0.15) is 0 Å². The van der Waals surface area contributed by atoms with E-state index in [-0.39, 0.29) is 17.4 Å². The molecule has 3 rings (SSSR count). The molecule has 1 fully saturated rings. The molecule has 0 unspecified atom stereocenters. The van der Waals surface area contributed by atoms with E-state index in [1.807, 2.05) is 0 Å². The van der Waals surface area contributed by atoms with Gasteiger partial charge in [0.25, 0.3) is 0 Å². The van der Waals surface area contributed by atoms with Crippen LogP contribution in [0.3, 0.4) is 0 Å². The summed E-state index contributed by atoms with van der Waals surface area (Å²) < 4.78 is 35.7. The third-order valence-electron chi connectivity index (χ3n) is 5.04. The molecule has 0 saturated carbocycles. The lowest BCUT2D eigenvalue weighted by Crippen LogP contribution is -2.34. The number of aryl methyl sites for hydroxylation is 1. The molecule has 0 spiro atoms. The number of methoxy groups -OCH3 is 1. The normalized spacial score (nSPS) is 14.1. The van der Waals surface area contributed by atoms with Crippen molar-refractivity contribution >= 4 is 21.7 Å². The summed E-state index contributed by atoms with van der Waals surface area (Å²) in [5.74, 6) is -0.0482. The number of carbonyl (C=O) groups excluding carboxylic acids is 2. The van der Waals surface area contributed by atoms with Crippen LogP contribution in [0, 0.1) is 6.92 Å². The van der Waals surface area contributed by atoms with Crippen LogP contribution in [0.1, 0.15) is 30.7 Å². The van der Waals surface area contributed by atoms with Crippen molar-refractivity contribution in [1.29, 1.82) is 0 Å². The second-order valence-corrected chi connectivity index (χ2v) is 9.53. The van der Waals surface area contributed by atoms with Gasteiger partial charge in [0.15, 0.2) is 9.84 Å². The van der Waals surface area contributed by atoms with Crippen molar-refractivity contribution < 1.29 is 27.2 Å². The Labute approximate surface area is 181 Å². The van der Waals surface area contributed by atoms with Crippen LogP contribution in [0.5, 0.6) is 5.75 Å². The summed E-state index contributed by atoms with van der Waals surface area (Å²) >= 11 is 0. The number of sulfone groups is 1. The first-order chi connectivity index (χ1) is 14.8. The zero-order chi connectivity index (χ0) is 22.4. The second-order valence-electron chi connectivity index (χ2n) is 7.47. The van der Waals surface area contributed by atoms with Gasteiger partial charge in [-0.05, 0) is 44.0 Å². The first kappa shape index (κ1) is 22.8. The Kier molecular flexibility index (Phi) is 7.32. The molecule has 1 saturated heterocycles. The minimum Gasteiger partial charge on any atom is -0.497 e. The van der Waals surface area contributed by atoms with Gasteiger partial charge in [-0.15, -0.1) is 0 Å². The number of benzene rings is 1. The molecule has 1 aromatic carbocycles. The van der Waals surface area contributed by atoms with E-state index in [1.54, 1.807) is 43.2 Å². The molecule has 0 aliphatic carbocycles. The Balaban J connectivity index is 1.50. The van der Waals surface area contributed by atoms with Gasteiger partial charge in [-0.3, -0.25) is 9.59 Å². The van der Waals surface area contributed by atoms with Crippen LogP contribution in [-0.4, -0.2) is 62.6 Å². The van der Waals surface area contributed by atoms with Gasteiger partial charge in [0.2, 0.25) is 17.7 Å². The van der Waals surface area contributed by atoms with Crippen LogP contribution in [0.2, 0.25) is 0 Å². The van der Waals surface area contributed by atoms with E-state index in [0.29, 0.717) is 48.9 Å². The zero-order valence-corrected chi connectivity index (χ0v) is 18.5. The van der Waals surface area contributed by atoms with Gasteiger partial charge in [0.1, 0.15) is 17.3 Å². The van der Waals surface area contributed by atoms with Gasteiger partial charge in [0, 0.05) is 31.6 Å². The zero-order valence-electron chi connectivity index (χ0n) is 17.7. The van der Waals surface area contributed by atoms with Gasteiger partial charge in [0.05, 0.1) is 18.6 Å². The molecule has 2 heterocycles. The fourth-order valence-corrected chi connectivity index (χ4v) is 4.66. The van der Waals surface area contributed by atoms with E-state index >= 15 is 0 Å². The number of nitrogens with one attached hydrogen (secondary N) is 1. The summed E-state index contributed by atoms with van der Waals surface area (Å²) in [7, 11) is -2.15. The summed E-state index contributed by atoms with van der Waals surface area (Å²) in [5, 5.41) is 2.61. The van der Waals surface area contributed by atoms with Gasteiger partial charge in [-0.25, -0.2) is 13.4 Å². The number of hydrogen-bond donors (Lipinski definition) is 1. The smallest absolute Gasteiger partial charge is 0.235 e. The first-order valence-corrected chi connectivity index (χ1v) is 11.9. The largest absolute Gasteiger partial charge is 0.497 e. The number of oxazole rings is 1. The summed E-state index contributed by atoms with van der Waals surface area (Å²) in [6.45, 7) is 3.28. The van der Waals surface area contributed by atoms with Gasteiger partial charge < -0.3 is 19.4 Å². The highest BCUT2D eigenvalue weighted by Crippen LogP contribution is 2.25. The molecular formula is C21H27N3O6S. The van der Waals surface area contributed by atoms with E-state index in [2.05, 4.69) is 10.3 Å². The molecule has 0 bridgehead atoms. The number of nitrogens with zero attached hydrogens (tertiary/aromatic N) is 2. The highest BCUT2D eigenvalue weighted by Gasteiger charge is 2.23. The molecule has 9 nitrogen and oxygen atoms in total. The third kappa shape index (κ3) is 6.30. The molecule has 1 aliphatic rings. The average molecular weight is 450 g/mol. The van der Waals surface area contributed by atoms with Crippen LogP contribution in [0.15, 0.2) is 28.7 Å². The first-order valence-electron chi connectivity index (χ1n) is 10.1. The lowest BCUT2D eigenvalue weighted by Gasteiger charge is -2.15. The van der Waals surface area contributed by atoms with Crippen molar-refractivity contribution in [2.45, 2.75) is 31.9 Å². The fourth-order valence-electron chi connectivity index (χ4n) is 3.37. The second kappa shape index (κ2) is 9.95. The van der Waals surface area contributed by atoms with E-state index in [9.17, 15) is 18.0 Å². The van der Waals surface area contributed by atoms with Crippen molar-refractivity contribution in [3.8, 4) is 17.2 Å². The molecule has 1 aliphatic heterocycles. The minimum absolute atomic E-state index is 0.130. The molecule has 10 heteroatoms. The summed E-state index contributed by atoms with van der Waals surface area (Å²) in [6.07, 6.45) is 2.03. The van der Waals surface area contributed by atoms with Gasteiger partial charge in [-0.1, -0.05) is 0 Å². The topological polar surface area (TPSA) is 119 Å². The molecular weight excluding hydrogens is 422 g/mol.